The SMILES string of the molecule is COc1cc(C2N=C(NC#N)Nc3nc(N)c(C#N)c(N)c32)c(Br)cc1OCC(N)=O. The summed E-state index contributed by atoms with van der Waals surface area (Å²) < 4.78 is 11.3. The van der Waals surface area contributed by atoms with E-state index in [1.165, 1.54) is 7.11 Å². The number of halogens is 1. The van der Waals surface area contributed by atoms with Crippen LogP contribution in [0.2, 0.25) is 0 Å². The minimum absolute atomic E-state index is 0.0157. The van der Waals surface area contributed by atoms with Crippen molar-refractivity contribution in [3.05, 3.63) is 33.3 Å². The number of nitrogens with two attached hydrogens (primary N) is 3. The molecular weight excluding hydrogens is 470 g/mol. The average molecular weight is 486 g/mol. The summed E-state index contributed by atoms with van der Waals surface area (Å²) in [5.74, 6) is 0.211. The molecule has 2 heterocycles. The number of aliphatic imine (C=N–C) groups is 1. The molecule has 8 N–H and O–H groups in total. The number of nitrogens with zero attached hydrogens (tertiary/aromatic N) is 4. The third kappa shape index (κ3) is 4.08. The van der Waals surface area contributed by atoms with Crippen molar-refractivity contribution in [2.75, 3.05) is 30.5 Å². The quantitative estimate of drug-likeness (QED) is 0.295. The van der Waals surface area contributed by atoms with Crippen molar-refractivity contribution in [2.24, 2.45) is 10.7 Å². The van der Waals surface area contributed by atoms with Crippen molar-refractivity contribution in [3.63, 3.8) is 0 Å². The fraction of sp³-hybridized carbons (Fsp3) is 0.167. The maximum atomic E-state index is 11.1. The van der Waals surface area contributed by atoms with E-state index in [1.807, 2.05) is 6.07 Å². The number of nitriles is 2. The van der Waals surface area contributed by atoms with Gasteiger partial charge in [0.2, 0.25) is 5.96 Å². The van der Waals surface area contributed by atoms with Gasteiger partial charge in [0.25, 0.3) is 5.91 Å². The van der Waals surface area contributed by atoms with Gasteiger partial charge in [0.15, 0.2) is 24.3 Å². The normalized spacial score (nSPS) is 14.2. The smallest absolute Gasteiger partial charge is 0.255 e. The van der Waals surface area contributed by atoms with E-state index in [0.29, 0.717) is 21.3 Å². The second-order valence-corrected chi connectivity index (χ2v) is 7.04. The molecule has 1 atom stereocenters. The number of pyridine rings is 1. The maximum absolute atomic E-state index is 11.1. The molecule has 1 aliphatic heterocycles. The van der Waals surface area contributed by atoms with E-state index < -0.39 is 11.9 Å². The summed E-state index contributed by atoms with van der Waals surface area (Å²) in [4.78, 5) is 19.8. The predicted molar refractivity (Wildman–Crippen MR) is 115 cm³/mol. The van der Waals surface area contributed by atoms with Crippen LogP contribution >= 0.6 is 15.9 Å². The molecule has 0 bridgehead atoms. The van der Waals surface area contributed by atoms with E-state index in [-0.39, 0.29) is 41.2 Å². The highest BCUT2D eigenvalue weighted by Gasteiger charge is 2.31. The largest absolute Gasteiger partial charge is 0.493 e. The Morgan fingerprint density at radius 3 is 2.71 bits per heavy atom. The molecule has 1 aromatic heterocycles. The number of methoxy groups -OCH3 is 1. The number of nitrogen functional groups attached to an aromatic ring is 2. The van der Waals surface area contributed by atoms with Gasteiger partial charge in [0, 0.05) is 10.0 Å². The molecule has 1 aliphatic rings. The molecule has 1 unspecified atom stereocenters. The number of hydrogen-bond acceptors (Lipinski definition) is 11. The summed E-state index contributed by atoms with van der Waals surface area (Å²) in [6.45, 7) is -0.339. The van der Waals surface area contributed by atoms with Gasteiger partial charge in [-0.2, -0.15) is 10.5 Å². The van der Waals surface area contributed by atoms with Gasteiger partial charge in [0.05, 0.1) is 12.8 Å². The number of aromatic nitrogens is 1. The molecule has 158 valence electrons. The van der Waals surface area contributed by atoms with Crippen LogP contribution in [0.5, 0.6) is 11.5 Å². The summed E-state index contributed by atoms with van der Waals surface area (Å²) in [5.41, 5.74) is 18.3. The summed E-state index contributed by atoms with van der Waals surface area (Å²) in [6, 6.07) is 4.35. The minimum Gasteiger partial charge on any atom is -0.493 e. The van der Waals surface area contributed by atoms with Crippen molar-refractivity contribution < 1.29 is 14.3 Å². The van der Waals surface area contributed by atoms with Crippen LogP contribution in [0.3, 0.4) is 0 Å². The molecule has 1 amide bonds. The number of amides is 1. The van der Waals surface area contributed by atoms with Crippen LogP contribution in [0.25, 0.3) is 0 Å². The van der Waals surface area contributed by atoms with Gasteiger partial charge in [-0.25, -0.2) is 9.98 Å². The van der Waals surface area contributed by atoms with Crippen molar-refractivity contribution in [1.82, 2.24) is 10.3 Å². The number of benzene rings is 1. The Hall–Kier alpha value is -4.23. The highest BCUT2D eigenvalue weighted by molar-refractivity contribution is 9.10. The Bertz CT molecular complexity index is 1180. The molecule has 0 saturated heterocycles. The Balaban J connectivity index is 2.21. The van der Waals surface area contributed by atoms with E-state index in [1.54, 1.807) is 18.3 Å². The molecule has 1 aromatic carbocycles. The molecule has 2 aromatic rings. The van der Waals surface area contributed by atoms with Gasteiger partial charge in [0.1, 0.15) is 29.3 Å². The Morgan fingerprint density at radius 1 is 1.35 bits per heavy atom. The number of carbonyl (C=O) groups excluding carboxylic acids is 1. The highest BCUT2D eigenvalue weighted by atomic mass is 79.9. The predicted octanol–water partition coefficient (Wildman–Crippen LogP) is 0.694. The molecule has 0 fully saturated rings. The van der Waals surface area contributed by atoms with Crippen LogP contribution < -0.4 is 37.3 Å². The van der Waals surface area contributed by atoms with E-state index in [4.69, 9.17) is 31.9 Å². The van der Waals surface area contributed by atoms with E-state index >= 15 is 0 Å². The number of fused-ring (bicyclic) bond motifs is 1. The number of primary amides is 1. The monoisotopic (exact) mass is 485 g/mol. The van der Waals surface area contributed by atoms with Gasteiger partial charge >= 0.3 is 0 Å². The summed E-state index contributed by atoms with van der Waals surface area (Å²) in [7, 11) is 1.43. The summed E-state index contributed by atoms with van der Waals surface area (Å²) in [5, 5.41) is 23.7. The first kappa shape index (κ1) is 21.5. The van der Waals surface area contributed by atoms with Gasteiger partial charge in [-0.3, -0.25) is 10.1 Å². The number of carbonyl (C=O) groups is 1. The van der Waals surface area contributed by atoms with Crippen LogP contribution in [0.15, 0.2) is 21.6 Å². The Morgan fingerprint density at radius 2 is 2.10 bits per heavy atom. The lowest BCUT2D eigenvalue weighted by Gasteiger charge is -2.27. The number of nitrogens with one attached hydrogen (secondary N) is 2. The molecule has 31 heavy (non-hydrogen) atoms. The zero-order chi connectivity index (χ0) is 22.7. The first-order chi connectivity index (χ1) is 14.8. The van der Waals surface area contributed by atoms with Crippen molar-refractivity contribution >= 4 is 45.1 Å². The van der Waals surface area contributed by atoms with E-state index in [9.17, 15) is 10.1 Å². The third-order valence-corrected chi connectivity index (χ3v) is 4.99. The number of anilines is 3. The molecule has 0 spiro atoms. The molecule has 0 radical (unpaired) electrons. The zero-order valence-electron chi connectivity index (χ0n) is 16.1. The first-order valence-electron chi connectivity index (χ1n) is 8.58. The van der Waals surface area contributed by atoms with E-state index in [2.05, 4.69) is 36.5 Å². The third-order valence-electron chi connectivity index (χ3n) is 4.31. The van der Waals surface area contributed by atoms with Crippen LogP contribution in [0, 0.1) is 22.8 Å². The lowest BCUT2D eigenvalue weighted by Crippen LogP contribution is -2.32. The van der Waals surface area contributed by atoms with Crippen molar-refractivity contribution in [1.29, 1.82) is 10.5 Å². The topological polar surface area (TPSA) is 210 Å². The fourth-order valence-electron chi connectivity index (χ4n) is 2.99. The molecule has 0 saturated carbocycles. The summed E-state index contributed by atoms with van der Waals surface area (Å²) >= 11 is 3.46. The molecule has 0 aliphatic carbocycles. The van der Waals surface area contributed by atoms with Gasteiger partial charge < -0.3 is 32.0 Å². The van der Waals surface area contributed by atoms with Crippen molar-refractivity contribution in [3.8, 4) is 23.8 Å². The van der Waals surface area contributed by atoms with Gasteiger partial charge in [-0.15, -0.1) is 0 Å². The second-order valence-electron chi connectivity index (χ2n) is 6.18. The van der Waals surface area contributed by atoms with Crippen molar-refractivity contribution in [2.45, 2.75) is 6.04 Å². The Labute approximate surface area is 184 Å². The second kappa shape index (κ2) is 8.64. The maximum Gasteiger partial charge on any atom is 0.255 e. The molecular formula is C18H16BrN9O3. The van der Waals surface area contributed by atoms with Gasteiger partial charge in [-0.1, -0.05) is 15.9 Å². The lowest BCUT2D eigenvalue weighted by molar-refractivity contribution is -0.119. The van der Waals surface area contributed by atoms with E-state index in [0.717, 1.165) is 0 Å². The first-order valence-corrected chi connectivity index (χ1v) is 9.37. The average Bonchev–Trinajstić information content (AvgIpc) is 2.72. The van der Waals surface area contributed by atoms with Crippen LogP contribution in [0.4, 0.5) is 17.3 Å². The lowest BCUT2D eigenvalue weighted by atomic mass is 9.95. The molecule has 13 heteroatoms. The van der Waals surface area contributed by atoms with Crippen LogP contribution in [0.1, 0.15) is 22.7 Å². The van der Waals surface area contributed by atoms with Crippen LogP contribution in [-0.2, 0) is 4.79 Å². The molecule has 3 rings (SSSR count). The Kier molecular flexibility index (Phi) is 5.99. The fourth-order valence-corrected chi connectivity index (χ4v) is 3.53. The number of guanidine groups is 1. The van der Waals surface area contributed by atoms with Crippen LogP contribution in [-0.4, -0.2) is 30.6 Å². The van der Waals surface area contributed by atoms with Gasteiger partial charge in [-0.05, 0) is 17.7 Å². The summed E-state index contributed by atoms with van der Waals surface area (Å²) in [6.07, 6.45) is 1.78. The molecule has 12 nitrogen and oxygen atoms in total. The highest BCUT2D eigenvalue weighted by Crippen LogP contribution is 2.45. The zero-order valence-corrected chi connectivity index (χ0v) is 17.6. The number of rotatable bonds is 5. The standard InChI is InChI=1S/C18H16BrN9O3/c1-30-10-2-7(9(19)3-11(10)31-5-12(22)29)15-13-14(23)8(4-20)16(24)27-17(13)28-18(26-15)25-6-21/h2-3,15H,5H2,1H3,(H2,22,29)(H6,23,24,25,26,27,28). The number of hydrogen-bond donors (Lipinski definition) is 5. The number of ether oxygens (including phenoxy) is 2. The minimum atomic E-state index is -0.791.